The lowest BCUT2D eigenvalue weighted by Gasteiger charge is -2.36. The third-order valence-corrected chi connectivity index (χ3v) is 6.80. The number of amides is 3. The van der Waals surface area contributed by atoms with Gasteiger partial charge in [-0.2, -0.15) is 0 Å². The Morgan fingerprint density at radius 1 is 1.11 bits per heavy atom. The predicted molar refractivity (Wildman–Crippen MR) is 140 cm³/mol. The highest BCUT2D eigenvalue weighted by atomic mass is 32.1. The summed E-state index contributed by atoms with van der Waals surface area (Å²) in [6.45, 7) is 4.03. The van der Waals surface area contributed by atoms with Crippen molar-refractivity contribution in [2.24, 2.45) is 0 Å². The number of ether oxygens (including phenoxy) is 1. The Morgan fingerprint density at radius 3 is 2.41 bits per heavy atom. The van der Waals surface area contributed by atoms with E-state index in [0.29, 0.717) is 41.4 Å². The Morgan fingerprint density at radius 2 is 1.78 bits per heavy atom. The number of urea groups is 1. The van der Waals surface area contributed by atoms with E-state index in [1.54, 1.807) is 48.5 Å². The molecule has 3 amide bonds. The predicted octanol–water partition coefficient (Wildman–Crippen LogP) is 4.83. The number of carboxylic acid groups (broad SMARTS) is 1. The van der Waals surface area contributed by atoms with Crippen molar-refractivity contribution in [1.29, 1.82) is 0 Å². The quantitative estimate of drug-likeness (QED) is 0.418. The number of nitrogens with zero attached hydrogens (tertiary/aromatic N) is 3. The average Bonchev–Trinajstić information content (AvgIpc) is 3.31. The van der Waals surface area contributed by atoms with Crippen molar-refractivity contribution in [3.63, 3.8) is 0 Å². The maximum Gasteiger partial charge on any atom is 0.335 e. The number of benzene rings is 2. The van der Waals surface area contributed by atoms with Crippen molar-refractivity contribution in [2.45, 2.75) is 26.3 Å². The summed E-state index contributed by atoms with van der Waals surface area (Å²) in [5.74, 6) is 0.0678. The summed E-state index contributed by atoms with van der Waals surface area (Å²) >= 11 is 1.40. The normalized spacial score (nSPS) is 15.4. The van der Waals surface area contributed by atoms with Gasteiger partial charge in [0, 0.05) is 36.8 Å². The first-order chi connectivity index (χ1) is 17.7. The van der Waals surface area contributed by atoms with Crippen LogP contribution in [0, 0.1) is 6.92 Å². The van der Waals surface area contributed by atoms with Crippen molar-refractivity contribution in [1.82, 2.24) is 20.1 Å². The number of rotatable bonds is 9. The molecule has 1 aliphatic heterocycles. The lowest BCUT2D eigenvalue weighted by molar-refractivity contribution is -0.133. The third kappa shape index (κ3) is 5.97. The summed E-state index contributed by atoms with van der Waals surface area (Å²) in [4.78, 5) is 45.3. The van der Waals surface area contributed by atoms with Crippen LogP contribution in [-0.2, 0) is 4.79 Å². The number of nitrogens with one attached hydrogen (secondary N) is 1. The fraction of sp³-hybridized carbons (Fsp3) is 0.259. The summed E-state index contributed by atoms with van der Waals surface area (Å²) in [7, 11) is 1.70. The van der Waals surface area contributed by atoms with Gasteiger partial charge in [0.05, 0.1) is 16.3 Å². The van der Waals surface area contributed by atoms with Crippen molar-refractivity contribution < 1.29 is 24.2 Å². The second kappa shape index (κ2) is 11.3. The Kier molecular flexibility index (Phi) is 7.88. The molecule has 0 bridgehead atoms. The minimum Gasteiger partial charge on any atom is -0.478 e. The van der Waals surface area contributed by atoms with Crippen LogP contribution in [-0.4, -0.2) is 57.9 Å². The van der Waals surface area contributed by atoms with Crippen LogP contribution in [0.3, 0.4) is 0 Å². The molecule has 1 aromatic heterocycles. The SMILES string of the molecule is CC1=C(C(=O)O)C(c2csc(C)n2)N(CCCN(C)C(=O)c2ccc(Oc3ccccc3)cc2)C(=O)N1. The highest BCUT2D eigenvalue weighted by Crippen LogP contribution is 2.34. The number of hydrogen-bond acceptors (Lipinski definition) is 6. The van der Waals surface area contributed by atoms with Crippen LogP contribution in [0.25, 0.3) is 0 Å². The fourth-order valence-electron chi connectivity index (χ4n) is 4.19. The minimum absolute atomic E-state index is 0.0899. The van der Waals surface area contributed by atoms with Gasteiger partial charge < -0.3 is 25.0 Å². The molecule has 10 heteroatoms. The van der Waals surface area contributed by atoms with Gasteiger partial charge in [0.15, 0.2) is 0 Å². The van der Waals surface area contributed by atoms with Gasteiger partial charge in [0.25, 0.3) is 5.91 Å². The first-order valence-electron chi connectivity index (χ1n) is 11.8. The first kappa shape index (κ1) is 25.9. The van der Waals surface area contributed by atoms with Crippen molar-refractivity contribution in [2.75, 3.05) is 20.1 Å². The van der Waals surface area contributed by atoms with Crippen molar-refractivity contribution >= 4 is 29.2 Å². The van der Waals surface area contributed by atoms with Crippen LogP contribution in [0.2, 0.25) is 0 Å². The van der Waals surface area contributed by atoms with Crippen LogP contribution >= 0.6 is 11.3 Å². The molecule has 1 unspecified atom stereocenters. The molecule has 0 radical (unpaired) electrons. The zero-order chi connectivity index (χ0) is 26.5. The summed E-state index contributed by atoms with van der Waals surface area (Å²) in [6.07, 6.45) is 0.455. The summed E-state index contributed by atoms with van der Waals surface area (Å²) < 4.78 is 5.78. The van der Waals surface area contributed by atoms with E-state index in [9.17, 15) is 19.5 Å². The number of aliphatic carboxylic acids is 1. The van der Waals surface area contributed by atoms with Crippen LogP contribution in [0.4, 0.5) is 4.79 Å². The molecule has 4 rings (SSSR count). The molecule has 37 heavy (non-hydrogen) atoms. The summed E-state index contributed by atoms with van der Waals surface area (Å²) in [5.41, 5.74) is 1.43. The third-order valence-electron chi connectivity index (χ3n) is 6.01. The topological polar surface area (TPSA) is 112 Å². The lowest BCUT2D eigenvalue weighted by atomic mass is 9.98. The maximum absolute atomic E-state index is 12.9. The number of carboxylic acids is 1. The van der Waals surface area contributed by atoms with E-state index in [0.717, 1.165) is 5.01 Å². The molecule has 1 atom stereocenters. The number of carbonyl (C=O) groups is 3. The Labute approximate surface area is 219 Å². The van der Waals surface area contributed by atoms with E-state index < -0.39 is 12.0 Å². The second-order valence-corrected chi connectivity index (χ2v) is 9.74. The zero-order valence-corrected chi connectivity index (χ0v) is 21.6. The van der Waals surface area contributed by atoms with E-state index in [-0.39, 0.29) is 24.1 Å². The van der Waals surface area contributed by atoms with Gasteiger partial charge in [0.1, 0.15) is 17.5 Å². The molecular formula is C27H28N4O5S. The van der Waals surface area contributed by atoms with Crippen molar-refractivity contribution in [3.8, 4) is 11.5 Å². The maximum atomic E-state index is 12.9. The fourth-order valence-corrected chi connectivity index (χ4v) is 4.82. The van der Waals surface area contributed by atoms with Crippen LogP contribution in [0.1, 0.15) is 40.4 Å². The molecule has 0 fully saturated rings. The molecule has 2 N–H and O–H groups in total. The Balaban J connectivity index is 1.40. The molecule has 192 valence electrons. The zero-order valence-electron chi connectivity index (χ0n) is 20.8. The number of thiazole rings is 1. The highest BCUT2D eigenvalue weighted by Gasteiger charge is 2.38. The van der Waals surface area contributed by atoms with E-state index in [1.165, 1.54) is 16.2 Å². The van der Waals surface area contributed by atoms with Crippen LogP contribution in [0.15, 0.2) is 71.2 Å². The number of aromatic nitrogens is 1. The van der Waals surface area contributed by atoms with E-state index in [2.05, 4.69) is 10.3 Å². The van der Waals surface area contributed by atoms with Gasteiger partial charge in [-0.05, 0) is 56.7 Å². The molecule has 0 saturated heterocycles. The van der Waals surface area contributed by atoms with E-state index in [1.807, 2.05) is 37.3 Å². The van der Waals surface area contributed by atoms with Crippen LogP contribution in [0.5, 0.6) is 11.5 Å². The minimum atomic E-state index is -1.11. The molecule has 0 saturated carbocycles. The molecule has 0 spiro atoms. The van der Waals surface area contributed by atoms with Gasteiger partial charge in [-0.15, -0.1) is 11.3 Å². The average molecular weight is 521 g/mol. The smallest absolute Gasteiger partial charge is 0.335 e. The largest absolute Gasteiger partial charge is 0.478 e. The highest BCUT2D eigenvalue weighted by molar-refractivity contribution is 7.09. The van der Waals surface area contributed by atoms with Gasteiger partial charge in [-0.3, -0.25) is 4.79 Å². The van der Waals surface area contributed by atoms with Gasteiger partial charge >= 0.3 is 12.0 Å². The number of hydrogen-bond donors (Lipinski definition) is 2. The molecule has 1 aliphatic rings. The number of aryl methyl sites for hydroxylation is 1. The Hall–Kier alpha value is -4.18. The van der Waals surface area contributed by atoms with Gasteiger partial charge in [-0.25, -0.2) is 14.6 Å². The summed E-state index contributed by atoms with van der Waals surface area (Å²) in [5, 5.41) is 15.1. The number of carbonyl (C=O) groups excluding carboxylic acids is 2. The molecular weight excluding hydrogens is 492 g/mol. The van der Waals surface area contributed by atoms with E-state index in [4.69, 9.17) is 4.74 Å². The molecule has 2 heterocycles. The Bertz CT molecular complexity index is 1320. The standard InChI is InChI=1S/C27H28N4O5S/c1-17-23(26(33)34)24(22-16-37-18(2)29-22)31(27(35)28-17)15-7-14-30(3)25(32)19-10-12-21(13-11-19)36-20-8-5-4-6-9-20/h4-6,8-13,16,24H,7,14-15H2,1-3H3,(H,28,35)(H,33,34). The number of para-hydroxylation sites is 1. The number of allylic oxidation sites excluding steroid dienone is 1. The van der Waals surface area contributed by atoms with Crippen molar-refractivity contribution in [3.05, 3.63) is 87.5 Å². The van der Waals surface area contributed by atoms with E-state index >= 15 is 0 Å². The molecule has 9 nitrogen and oxygen atoms in total. The summed E-state index contributed by atoms with van der Waals surface area (Å²) in [6, 6.07) is 15.1. The monoisotopic (exact) mass is 520 g/mol. The molecule has 0 aliphatic carbocycles. The molecule has 2 aromatic carbocycles. The molecule has 3 aromatic rings. The van der Waals surface area contributed by atoms with Gasteiger partial charge in [0.2, 0.25) is 0 Å². The van der Waals surface area contributed by atoms with Gasteiger partial charge in [-0.1, -0.05) is 18.2 Å². The first-order valence-corrected chi connectivity index (χ1v) is 12.6. The second-order valence-electron chi connectivity index (χ2n) is 8.68. The lowest BCUT2D eigenvalue weighted by Crippen LogP contribution is -2.49. The van der Waals surface area contributed by atoms with Crippen LogP contribution < -0.4 is 10.1 Å².